The molecule has 1 unspecified atom stereocenters. The highest BCUT2D eigenvalue weighted by atomic mass is 32.2. The molecule has 1 atom stereocenters. The average Bonchev–Trinajstić information content (AvgIpc) is 2.26. The maximum absolute atomic E-state index is 13.5. The lowest BCUT2D eigenvalue weighted by atomic mass is 10.1. The molecule has 0 aliphatic rings. The third kappa shape index (κ3) is 4.09. The predicted molar refractivity (Wildman–Crippen MR) is 67.8 cm³/mol. The van der Waals surface area contributed by atoms with Crippen molar-refractivity contribution in [2.75, 3.05) is 18.6 Å². The SMILES string of the molecule is COC(C)(C)CCS(=O)c1ccc(N)cc1F. The van der Waals surface area contributed by atoms with Gasteiger partial charge in [0.25, 0.3) is 0 Å². The fourth-order valence-electron chi connectivity index (χ4n) is 1.25. The molecule has 0 aromatic heterocycles. The van der Waals surface area contributed by atoms with E-state index in [4.69, 9.17) is 10.5 Å². The summed E-state index contributed by atoms with van der Waals surface area (Å²) >= 11 is 0. The van der Waals surface area contributed by atoms with Gasteiger partial charge < -0.3 is 10.5 Å². The third-order valence-corrected chi connectivity index (χ3v) is 4.04. The number of hydrogen-bond donors (Lipinski definition) is 1. The molecule has 0 spiro atoms. The summed E-state index contributed by atoms with van der Waals surface area (Å²) in [4.78, 5) is 0.200. The van der Waals surface area contributed by atoms with Crippen LogP contribution in [0.15, 0.2) is 23.1 Å². The van der Waals surface area contributed by atoms with Gasteiger partial charge in [-0.2, -0.15) is 0 Å². The van der Waals surface area contributed by atoms with Crippen LogP contribution in [0.5, 0.6) is 0 Å². The Morgan fingerprint density at radius 2 is 2.12 bits per heavy atom. The van der Waals surface area contributed by atoms with Crippen LogP contribution in [-0.4, -0.2) is 22.7 Å². The zero-order chi connectivity index (χ0) is 13.1. The van der Waals surface area contributed by atoms with Crippen LogP contribution in [0.2, 0.25) is 0 Å². The van der Waals surface area contributed by atoms with Crippen LogP contribution in [0.25, 0.3) is 0 Å². The van der Waals surface area contributed by atoms with Crippen molar-refractivity contribution in [1.29, 1.82) is 0 Å². The number of benzene rings is 1. The molecule has 17 heavy (non-hydrogen) atoms. The molecule has 0 aliphatic heterocycles. The van der Waals surface area contributed by atoms with Crippen molar-refractivity contribution >= 4 is 16.5 Å². The smallest absolute Gasteiger partial charge is 0.141 e. The number of nitrogen functional groups attached to an aromatic ring is 1. The Bertz CT molecular complexity index is 421. The summed E-state index contributed by atoms with van der Waals surface area (Å²) < 4.78 is 30.6. The lowest BCUT2D eigenvalue weighted by Crippen LogP contribution is -2.25. The highest BCUT2D eigenvalue weighted by Crippen LogP contribution is 2.19. The van der Waals surface area contributed by atoms with Crippen LogP contribution < -0.4 is 5.73 Å². The van der Waals surface area contributed by atoms with E-state index in [-0.39, 0.29) is 10.5 Å². The van der Waals surface area contributed by atoms with Gasteiger partial charge in [0.2, 0.25) is 0 Å². The number of hydrogen-bond acceptors (Lipinski definition) is 3. The van der Waals surface area contributed by atoms with Crippen LogP contribution in [0.4, 0.5) is 10.1 Å². The second-order valence-electron chi connectivity index (χ2n) is 4.45. The molecule has 0 bridgehead atoms. The molecule has 96 valence electrons. The molecule has 1 aromatic rings. The molecule has 0 fully saturated rings. The van der Waals surface area contributed by atoms with E-state index in [2.05, 4.69) is 0 Å². The third-order valence-electron chi connectivity index (χ3n) is 2.64. The second-order valence-corrected chi connectivity index (χ2v) is 5.99. The Kier molecular flexibility index (Phi) is 4.65. The topological polar surface area (TPSA) is 52.3 Å². The monoisotopic (exact) mass is 259 g/mol. The number of rotatable bonds is 5. The molecular formula is C12H18FNO2S. The van der Waals surface area contributed by atoms with E-state index in [0.717, 1.165) is 0 Å². The van der Waals surface area contributed by atoms with Gasteiger partial charge in [-0.15, -0.1) is 0 Å². The van der Waals surface area contributed by atoms with E-state index in [9.17, 15) is 8.60 Å². The van der Waals surface area contributed by atoms with Gasteiger partial charge in [-0.05, 0) is 38.5 Å². The maximum Gasteiger partial charge on any atom is 0.141 e. The van der Waals surface area contributed by atoms with Crippen molar-refractivity contribution in [1.82, 2.24) is 0 Å². The van der Waals surface area contributed by atoms with E-state index < -0.39 is 16.6 Å². The van der Waals surface area contributed by atoms with Gasteiger partial charge in [0, 0.05) is 18.6 Å². The molecular weight excluding hydrogens is 241 g/mol. The molecule has 1 rings (SSSR count). The normalized spacial score (nSPS) is 13.6. The van der Waals surface area contributed by atoms with Gasteiger partial charge in [-0.1, -0.05) is 0 Å². The standard InChI is InChI=1S/C12H18FNO2S/c1-12(2,16-3)6-7-17(15)11-5-4-9(14)8-10(11)13/h4-5,8H,6-7,14H2,1-3H3. The van der Waals surface area contributed by atoms with Crippen LogP contribution in [0.1, 0.15) is 20.3 Å². The van der Waals surface area contributed by atoms with Crippen molar-refractivity contribution in [2.45, 2.75) is 30.8 Å². The Morgan fingerprint density at radius 1 is 1.47 bits per heavy atom. The molecule has 0 heterocycles. The minimum absolute atomic E-state index is 0.200. The van der Waals surface area contributed by atoms with Gasteiger partial charge in [0.1, 0.15) is 5.82 Å². The molecule has 0 aliphatic carbocycles. The first-order valence-electron chi connectivity index (χ1n) is 5.34. The van der Waals surface area contributed by atoms with E-state index in [1.165, 1.54) is 12.1 Å². The zero-order valence-corrected chi connectivity index (χ0v) is 11.1. The van der Waals surface area contributed by atoms with Crippen molar-refractivity contribution in [3.63, 3.8) is 0 Å². The van der Waals surface area contributed by atoms with E-state index >= 15 is 0 Å². The lowest BCUT2D eigenvalue weighted by molar-refractivity contribution is 0.0205. The highest BCUT2D eigenvalue weighted by Gasteiger charge is 2.19. The Balaban J connectivity index is 2.71. The maximum atomic E-state index is 13.5. The number of nitrogens with two attached hydrogens (primary N) is 1. The van der Waals surface area contributed by atoms with Crippen LogP contribution in [0.3, 0.4) is 0 Å². The molecule has 0 saturated heterocycles. The molecule has 1 aromatic carbocycles. The highest BCUT2D eigenvalue weighted by molar-refractivity contribution is 7.85. The summed E-state index contributed by atoms with van der Waals surface area (Å²) in [5, 5.41) is 0. The minimum atomic E-state index is -1.36. The minimum Gasteiger partial charge on any atom is -0.399 e. The van der Waals surface area contributed by atoms with Crippen LogP contribution in [0, 0.1) is 5.82 Å². The summed E-state index contributed by atoms with van der Waals surface area (Å²) in [5.41, 5.74) is 5.42. The predicted octanol–water partition coefficient (Wildman–Crippen LogP) is 2.33. The summed E-state index contributed by atoms with van der Waals surface area (Å²) in [6.07, 6.45) is 0.597. The molecule has 2 N–H and O–H groups in total. The number of methoxy groups -OCH3 is 1. The summed E-state index contributed by atoms with van der Waals surface area (Å²) in [6.45, 7) is 3.81. The lowest BCUT2D eigenvalue weighted by Gasteiger charge is -2.22. The summed E-state index contributed by atoms with van der Waals surface area (Å²) in [7, 11) is 0.242. The fourth-order valence-corrected chi connectivity index (χ4v) is 2.65. The van der Waals surface area contributed by atoms with E-state index in [0.29, 0.717) is 17.9 Å². The first-order chi connectivity index (χ1) is 7.85. The van der Waals surface area contributed by atoms with Crippen LogP contribution in [-0.2, 0) is 15.5 Å². The van der Waals surface area contributed by atoms with Crippen molar-refractivity contribution in [3.8, 4) is 0 Å². The average molecular weight is 259 g/mol. The van der Waals surface area contributed by atoms with Gasteiger partial charge in [-0.3, -0.25) is 4.21 Å². The van der Waals surface area contributed by atoms with Gasteiger partial charge in [0.15, 0.2) is 0 Å². The van der Waals surface area contributed by atoms with E-state index in [1.54, 1.807) is 13.2 Å². The van der Waals surface area contributed by atoms with Crippen molar-refractivity contribution < 1.29 is 13.3 Å². The summed E-state index contributed by atoms with van der Waals surface area (Å²) in [6, 6.07) is 4.22. The fraction of sp³-hybridized carbons (Fsp3) is 0.500. The molecule has 5 heteroatoms. The van der Waals surface area contributed by atoms with Gasteiger partial charge >= 0.3 is 0 Å². The number of anilines is 1. The zero-order valence-electron chi connectivity index (χ0n) is 10.3. The van der Waals surface area contributed by atoms with Gasteiger partial charge in [0.05, 0.1) is 21.3 Å². The number of ether oxygens (including phenoxy) is 1. The molecule has 0 amide bonds. The molecule has 0 radical (unpaired) electrons. The molecule has 3 nitrogen and oxygen atoms in total. The quantitative estimate of drug-likeness (QED) is 0.826. The van der Waals surface area contributed by atoms with Crippen LogP contribution >= 0.6 is 0 Å². The largest absolute Gasteiger partial charge is 0.399 e. The number of halogens is 1. The van der Waals surface area contributed by atoms with Crippen molar-refractivity contribution in [2.24, 2.45) is 0 Å². The Labute approximate surface area is 104 Å². The Hall–Kier alpha value is -0.940. The van der Waals surface area contributed by atoms with Crippen molar-refractivity contribution in [3.05, 3.63) is 24.0 Å². The van der Waals surface area contributed by atoms with E-state index in [1.807, 2.05) is 13.8 Å². The summed E-state index contributed by atoms with van der Waals surface area (Å²) in [5.74, 6) is -0.152. The second kappa shape index (κ2) is 5.60. The molecule has 0 saturated carbocycles. The first-order valence-corrected chi connectivity index (χ1v) is 6.66. The van der Waals surface area contributed by atoms with Gasteiger partial charge in [-0.25, -0.2) is 4.39 Å². The first kappa shape index (κ1) is 14.1. The Morgan fingerprint density at radius 3 is 2.65 bits per heavy atom.